The predicted molar refractivity (Wildman–Crippen MR) is 65.6 cm³/mol. The average molecular weight is 234 g/mol. The molecular formula is C12H18N4O. The largest absolute Gasteiger partial charge is 0.381 e. The van der Waals surface area contributed by atoms with Crippen molar-refractivity contribution < 1.29 is 4.74 Å². The summed E-state index contributed by atoms with van der Waals surface area (Å²) in [5.74, 6) is 0.498. The van der Waals surface area contributed by atoms with E-state index in [9.17, 15) is 0 Å². The molecule has 0 spiro atoms. The number of unbranched alkanes of at least 4 members (excludes halogenated alkanes) is 1. The standard InChI is InChI=1S/C12H18N4O/c1-2-3-8-17-9-4-6-14-12-15-7-5-11(10-13)16-12/h5,7H,2-4,6,8-9H2,1H3,(H,14,15,16). The fraction of sp³-hybridized carbons (Fsp3) is 0.583. The lowest BCUT2D eigenvalue weighted by molar-refractivity contribution is 0.131. The molecule has 5 nitrogen and oxygen atoms in total. The van der Waals surface area contributed by atoms with Crippen LogP contribution in [0.1, 0.15) is 31.9 Å². The van der Waals surface area contributed by atoms with Crippen LogP contribution in [-0.4, -0.2) is 29.7 Å². The monoisotopic (exact) mass is 234 g/mol. The van der Waals surface area contributed by atoms with Gasteiger partial charge in [0.05, 0.1) is 0 Å². The molecule has 1 aromatic heterocycles. The summed E-state index contributed by atoms with van der Waals surface area (Å²) in [5.41, 5.74) is 0.377. The molecule has 0 saturated carbocycles. The van der Waals surface area contributed by atoms with Crippen molar-refractivity contribution in [2.24, 2.45) is 0 Å². The van der Waals surface area contributed by atoms with Crippen LogP contribution >= 0.6 is 0 Å². The molecule has 0 aliphatic carbocycles. The molecule has 1 N–H and O–H groups in total. The molecule has 0 bridgehead atoms. The number of rotatable bonds is 8. The molecule has 0 atom stereocenters. The van der Waals surface area contributed by atoms with Gasteiger partial charge in [0.15, 0.2) is 0 Å². The number of hydrogen-bond donors (Lipinski definition) is 1. The van der Waals surface area contributed by atoms with Crippen molar-refractivity contribution in [2.75, 3.05) is 25.1 Å². The van der Waals surface area contributed by atoms with Crippen molar-refractivity contribution in [1.29, 1.82) is 5.26 Å². The molecule has 0 fully saturated rings. The Bertz CT molecular complexity index is 362. The number of nitrogens with one attached hydrogen (secondary N) is 1. The summed E-state index contributed by atoms with van der Waals surface area (Å²) >= 11 is 0. The Balaban J connectivity index is 2.12. The Morgan fingerprint density at radius 1 is 1.41 bits per heavy atom. The zero-order valence-electron chi connectivity index (χ0n) is 10.1. The van der Waals surface area contributed by atoms with Crippen LogP contribution in [0.4, 0.5) is 5.95 Å². The van der Waals surface area contributed by atoms with Crippen molar-refractivity contribution in [3.05, 3.63) is 18.0 Å². The van der Waals surface area contributed by atoms with E-state index in [1.54, 1.807) is 12.3 Å². The van der Waals surface area contributed by atoms with Crippen LogP contribution in [-0.2, 0) is 4.74 Å². The van der Waals surface area contributed by atoms with Crippen LogP contribution in [0.2, 0.25) is 0 Å². The van der Waals surface area contributed by atoms with Gasteiger partial charge in [-0.05, 0) is 18.9 Å². The molecule has 0 aromatic carbocycles. The quantitative estimate of drug-likeness (QED) is 0.696. The molecule has 0 saturated heterocycles. The third-order valence-electron chi connectivity index (χ3n) is 2.16. The first kappa shape index (κ1) is 13.4. The van der Waals surface area contributed by atoms with Gasteiger partial charge in [-0.3, -0.25) is 0 Å². The minimum atomic E-state index is 0.377. The summed E-state index contributed by atoms with van der Waals surface area (Å²) in [5, 5.41) is 11.7. The van der Waals surface area contributed by atoms with Gasteiger partial charge in [-0.25, -0.2) is 9.97 Å². The first-order chi connectivity index (χ1) is 8.36. The number of ether oxygens (including phenoxy) is 1. The number of nitrogens with zero attached hydrogens (tertiary/aromatic N) is 3. The lowest BCUT2D eigenvalue weighted by Gasteiger charge is -2.05. The lowest BCUT2D eigenvalue weighted by Crippen LogP contribution is -2.09. The van der Waals surface area contributed by atoms with E-state index in [-0.39, 0.29) is 0 Å². The Morgan fingerprint density at radius 3 is 3.00 bits per heavy atom. The highest BCUT2D eigenvalue weighted by Crippen LogP contribution is 1.99. The van der Waals surface area contributed by atoms with Crippen LogP contribution in [0.5, 0.6) is 0 Å². The number of aromatic nitrogens is 2. The van der Waals surface area contributed by atoms with Crippen LogP contribution in [0, 0.1) is 11.3 Å². The van der Waals surface area contributed by atoms with Gasteiger partial charge < -0.3 is 10.1 Å². The highest BCUT2D eigenvalue weighted by molar-refractivity contribution is 5.29. The van der Waals surface area contributed by atoms with E-state index < -0.39 is 0 Å². The Hall–Kier alpha value is -1.67. The first-order valence-electron chi connectivity index (χ1n) is 5.91. The molecule has 0 radical (unpaired) electrons. The van der Waals surface area contributed by atoms with E-state index in [2.05, 4.69) is 22.2 Å². The van der Waals surface area contributed by atoms with Crippen molar-refractivity contribution in [1.82, 2.24) is 9.97 Å². The highest BCUT2D eigenvalue weighted by Gasteiger charge is 1.97. The SMILES string of the molecule is CCCCOCCCNc1nccc(C#N)n1. The average Bonchev–Trinajstić information content (AvgIpc) is 2.38. The number of nitriles is 1. The Labute approximate surface area is 102 Å². The van der Waals surface area contributed by atoms with Gasteiger partial charge in [0, 0.05) is 26.0 Å². The fourth-order valence-electron chi connectivity index (χ4n) is 1.23. The zero-order chi connectivity index (χ0) is 12.3. The summed E-state index contributed by atoms with van der Waals surface area (Å²) in [6, 6.07) is 3.56. The smallest absolute Gasteiger partial charge is 0.223 e. The van der Waals surface area contributed by atoms with E-state index in [4.69, 9.17) is 10.00 Å². The van der Waals surface area contributed by atoms with Crippen LogP contribution in [0.25, 0.3) is 0 Å². The fourth-order valence-corrected chi connectivity index (χ4v) is 1.23. The molecule has 17 heavy (non-hydrogen) atoms. The highest BCUT2D eigenvalue weighted by atomic mass is 16.5. The van der Waals surface area contributed by atoms with Gasteiger partial charge in [-0.15, -0.1) is 0 Å². The van der Waals surface area contributed by atoms with Crippen molar-refractivity contribution in [3.8, 4) is 6.07 Å². The second-order valence-electron chi connectivity index (χ2n) is 3.62. The third kappa shape index (κ3) is 5.83. The van der Waals surface area contributed by atoms with Gasteiger partial charge in [-0.1, -0.05) is 13.3 Å². The molecule has 5 heteroatoms. The van der Waals surface area contributed by atoms with Crippen molar-refractivity contribution in [2.45, 2.75) is 26.2 Å². The minimum absolute atomic E-state index is 0.377. The van der Waals surface area contributed by atoms with E-state index in [1.807, 2.05) is 6.07 Å². The molecule has 0 aliphatic heterocycles. The second kappa shape index (κ2) is 8.48. The topological polar surface area (TPSA) is 70.8 Å². The minimum Gasteiger partial charge on any atom is -0.381 e. The maximum Gasteiger partial charge on any atom is 0.223 e. The van der Waals surface area contributed by atoms with E-state index >= 15 is 0 Å². The van der Waals surface area contributed by atoms with Gasteiger partial charge in [0.1, 0.15) is 11.8 Å². The molecule has 0 amide bonds. The molecular weight excluding hydrogens is 216 g/mol. The third-order valence-corrected chi connectivity index (χ3v) is 2.16. The summed E-state index contributed by atoms with van der Waals surface area (Å²) < 4.78 is 5.42. The summed E-state index contributed by atoms with van der Waals surface area (Å²) in [7, 11) is 0. The normalized spacial score (nSPS) is 9.88. The number of anilines is 1. The van der Waals surface area contributed by atoms with Gasteiger partial charge >= 0.3 is 0 Å². The van der Waals surface area contributed by atoms with Crippen molar-refractivity contribution >= 4 is 5.95 Å². The maximum atomic E-state index is 8.67. The molecule has 92 valence electrons. The van der Waals surface area contributed by atoms with E-state index in [0.717, 1.165) is 39.0 Å². The van der Waals surface area contributed by atoms with Crippen LogP contribution in [0.3, 0.4) is 0 Å². The van der Waals surface area contributed by atoms with Gasteiger partial charge in [-0.2, -0.15) is 5.26 Å². The lowest BCUT2D eigenvalue weighted by atomic mass is 10.4. The summed E-state index contributed by atoms with van der Waals surface area (Å²) in [6.45, 7) is 4.47. The molecule has 1 heterocycles. The maximum absolute atomic E-state index is 8.67. The van der Waals surface area contributed by atoms with E-state index in [0.29, 0.717) is 11.6 Å². The predicted octanol–water partition coefficient (Wildman–Crippen LogP) is 1.97. The summed E-state index contributed by atoms with van der Waals surface area (Å²) in [6.07, 6.45) is 4.75. The van der Waals surface area contributed by atoms with Gasteiger partial charge in [0.2, 0.25) is 5.95 Å². The first-order valence-corrected chi connectivity index (χ1v) is 5.91. The van der Waals surface area contributed by atoms with Gasteiger partial charge in [0.25, 0.3) is 0 Å². The number of hydrogen-bond acceptors (Lipinski definition) is 5. The molecule has 0 aliphatic rings. The molecule has 0 unspecified atom stereocenters. The zero-order valence-corrected chi connectivity index (χ0v) is 10.1. The second-order valence-corrected chi connectivity index (χ2v) is 3.62. The summed E-state index contributed by atoms with van der Waals surface area (Å²) in [4.78, 5) is 8.03. The van der Waals surface area contributed by atoms with E-state index in [1.165, 1.54) is 0 Å². The van der Waals surface area contributed by atoms with Crippen LogP contribution in [0.15, 0.2) is 12.3 Å². The Morgan fingerprint density at radius 2 is 2.24 bits per heavy atom. The van der Waals surface area contributed by atoms with Crippen LogP contribution < -0.4 is 5.32 Å². The molecule has 1 rings (SSSR count). The Kier molecular flexibility index (Phi) is 6.68. The molecule has 1 aromatic rings. The van der Waals surface area contributed by atoms with Crippen molar-refractivity contribution in [3.63, 3.8) is 0 Å².